The van der Waals surface area contributed by atoms with E-state index >= 15 is 0 Å². The molecule has 0 amide bonds. The number of para-hydroxylation sites is 2. The summed E-state index contributed by atoms with van der Waals surface area (Å²) >= 11 is 0. The Morgan fingerprint density at radius 3 is 2.46 bits per heavy atom. The lowest BCUT2D eigenvalue weighted by Crippen LogP contribution is -1.97. The number of aryl methyl sites for hydroxylation is 2. The van der Waals surface area contributed by atoms with Crippen LogP contribution in [0.15, 0.2) is 66.7 Å². The average molecular weight is 342 g/mol. The van der Waals surface area contributed by atoms with Gasteiger partial charge in [0, 0.05) is 0 Å². The molecule has 3 aromatic carbocycles. The fourth-order valence-electron chi connectivity index (χ4n) is 2.83. The molecule has 0 aliphatic heterocycles. The van der Waals surface area contributed by atoms with Crippen LogP contribution in [0.2, 0.25) is 0 Å². The summed E-state index contributed by atoms with van der Waals surface area (Å²) in [5.74, 6) is 1.81. The van der Waals surface area contributed by atoms with Crippen molar-refractivity contribution in [3.8, 4) is 28.8 Å². The van der Waals surface area contributed by atoms with Gasteiger partial charge >= 0.3 is 0 Å². The standard InChI is InChI=1S/C22H18N2O2/c1-14-11-12-15(2)20(13-14)26-22-16-7-3-5-9-18(16)23-21(24-22)17-8-4-6-10-19(17)25/h3-13,25H,1-2H3. The first-order valence-electron chi connectivity index (χ1n) is 8.42. The lowest BCUT2D eigenvalue weighted by molar-refractivity contribution is 0.464. The maximum absolute atomic E-state index is 10.2. The van der Waals surface area contributed by atoms with E-state index in [9.17, 15) is 5.11 Å². The van der Waals surface area contributed by atoms with Crippen molar-refractivity contribution in [3.63, 3.8) is 0 Å². The zero-order chi connectivity index (χ0) is 18.1. The molecular weight excluding hydrogens is 324 g/mol. The minimum atomic E-state index is 0.139. The molecule has 0 aliphatic rings. The summed E-state index contributed by atoms with van der Waals surface area (Å²) in [6.07, 6.45) is 0. The quantitative estimate of drug-likeness (QED) is 0.541. The normalized spacial score (nSPS) is 10.8. The predicted molar refractivity (Wildman–Crippen MR) is 103 cm³/mol. The van der Waals surface area contributed by atoms with Crippen molar-refractivity contribution >= 4 is 10.9 Å². The monoisotopic (exact) mass is 342 g/mol. The molecule has 26 heavy (non-hydrogen) atoms. The Balaban J connectivity index is 1.90. The van der Waals surface area contributed by atoms with Crippen LogP contribution in [0.25, 0.3) is 22.3 Å². The zero-order valence-electron chi connectivity index (χ0n) is 14.6. The highest BCUT2D eigenvalue weighted by molar-refractivity contribution is 5.86. The molecule has 1 aromatic heterocycles. The number of aromatic nitrogens is 2. The molecular formula is C22H18N2O2. The van der Waals surface area contributed by atoms with Crippen molar-refractivity contribution in [2.24, 2.45) is 0 Å². The van der Waals surface area contributed by atoms with Crippen LogP contribution in [0.1, 0.15) is 11.1 Å². The minimum absolute atomic E-state index is 0.139. The Kier molecular flexibility index (Phi) is 4.01. The molecule has 0 spiro atoms. The topological polar surface area (TPSA) is 55.2 Å². The van der Waals surface area contributed by atoms with Gasteiger partial charge in [0.15, 0.2) is 5.82 Å². The molecule has 1 N–H and O–H groups in total. The molecule has 0 bridgehead atoms. The first kappa shape index (κ1) is 16.1. The van der Waals surface area contributed by atoms with Crippen LogP contribution in [0.4, 0.5) is 0 Å². The van der Waals surface area contributed by atoms with E-state index in [1.54, 1.807) is 18.2 Å². The van der Waals surface area contributed by atoms with Gasteiger partial charge in [-0.15, -0.1) is 0 Å². The smallest absolute Gasteiger partial charge is 0.230 e. The number of hydrogen-bond donors (Lipinski definition) is 1. The van der Waals surface area contributed by atoms with E-state index in [1.807, 2.05) is 62.4 Å². The maximum atomic E-state index is 10.2. The average Bonchev–Trinajstić information content (AvgIpc) is 2.65. The summed E-state index contributed by atoms with van der Waals surface area (Å²) < 4.78 is 6.17. The second-order valence-electron chi connectivity index (χ2n) is 6.26. The van der Waals surface area contributed by atoms with Crippen molar-refractivity contribution < 1.29 is 9.84 Å². The van der Waals surface area contributed by atoms with Crippen molar-refractivity contribution in [1.82, 2.24) is 9.97 Å². The van der Waals surface area contributed by atoms with Gasteiger partial charge in [0.25, 0.3) is 0 Å². The molecule has 0 fully saturated rings. The number of aromatic hydroxyl groups is 1. The summed E-state index contributed by atoms with van der Waals surface area (Å²) in [7, 11) is 0. The number of phenolic OH excluding ortho intramolecular Hbond substituents is 1. The molecule has 4 heteroatoms. The molecule has 0 aliphatic carbocycles. The van der Waals surface area contributed by atoms with Gasteiger partial charge in [-0.1, -0.05) is 36.4 Å². The Hall–Kier alpha value is -3.40. The van der Waals surface area contributed by atoms with Gasteiger partial charge in [-0.2, -0.15) is 4.98 Å². The van der Waals surface area contributed by atoms with Gasteiger partial charge in [0.05, 0.1) is 16.5 Å². The number of fused-ring (bicyclic) bond motifs is 1. The highest BCUT2D eigenvalue weighted by Gasteiger charge is 2.14. The van der Waals surface area contributed by atoms with E-state index in [0.717, 1.165) is 27.8 Å². The fourth-order valence-corrected chi connectivity index (χ4v) is 2.83. The number of hydrogen-bond acceptors (Lipinski definition) is 4. The molecule has 1 heterocycles. The van der Waals surface area contributed by atoms with Crippen molar-refractivity contribution in [1.29, 1.82) is 0 Å². The van der Waals surface area contributed by atoms with E-state index in [-0.39, 0.29) is 5.75 Å². The summed E-state index contributed by atoms with van der Waals surface area (Å²) in [6, 6.07) is 20.8. The van der Waals surface area contributed by atoms with E-state index in [4.69, 9.17) is 4.74 Å². The molecule has 0 atom stereocenters. The number of phenols is 1. The van der Waals surface area contributed by atoms with Crippen molar-refractivity contribution in [3.05, 3.63) is 77.9 Å². The Labute approximate surface area is 151 Å². The highest BCUT2D eigenvalue weighted by atomic mass is 16.5. The van der Waals surface area contributed by atoms with Gasteiger partial charge in [-0.05, 0) is 55.3 Å². The Bertz CT molecular complexity index is 1110. The molecule has 4 aromatic rings. The predicted octanol–water partition coefficient (Wildman–Crippen LogP) is 5.41. The number of ether oxygens (including phenoxy) is 1. The molecule has 0 saturated carbocycles. The lowest BCUT2D eigenvalue weighted by atomic mass is 10.1. The molecule has 0 saturated heterocycles. The largest absolute Gasteiger partial charge is 0.507 e. The maximum Gasteiger partial charge on any atom is 0.230 e. The molecule has 0 radical (unpaired) electrons. The summed E-state index contributed by atoms with van der Waals surface area (Å²) in [6.45, 7) is 4.03. The fraction of sp³-hybridized carbons (Fsp3) is 0.0909. The summed E-state index contributed by atoms with van der Waals surface area (Å²) in [5, 5.41) is 11.0. The lowest BCUT2D eigenvalue weighted by Gasteiger charge is -2.12. The third kappa shape index (κ3) is 2.97. The summed E-state index contributed by atoms with van der Waals surface area (Å²) in [4.78, 5) is 9.20. The van der Waals surface area contributed by atoms with Crippen LogP contribution in [-0.4, -0.2) is 15.1 Å². The van der Waals surface area contributed by atoms with Crippen LogP contribution < -0.4 is 4.74 Å². The van der Waals surface area contributed by atoms with Gasteiger partial charge < -0.3 is 9.84 Å². The van der Waals surface area contributed by atoms with Crippen LogP contribution in [-0.2, 0) is 0 Å². The molecule has 4 nitrogen and oxygen atoms in total. The summed E-state index contributed by atoms with van der Waals surface area (Å²) in [5.41, 5.74) is 3.48. The van der Waals surface area contributed by atoms with E-state index in [0.29, 0.717) is 17.3 Å². The SMILES string of the molecule is Cc1ccc(C)c(Oc2nc(-c3ccccc3O)nc3ccccc23)c1. The number of benzene rings is 3. The second-order valence-corrected chi connectivity index (χ2v) is 6.26. The second kappa shape index (κ2) is 6.48. The number of nitrogens with zero attached hydrogens (tertiary/aromatic N) is 2. The van der Waals surface area contributed by atoms with E-state index in [2.05, 4.69) is 9.97 Å². The first-order chi connectivity index (χ1) is 12.6. The third-order valence-electron chi connectivity index (χ3n) is 4.26. The van der Waals surface area contributed by atoms with Gasteiger partial charge in [-0.3, -0.25) is 0 Å². The molecule has 0 unspecified atom stereocenters. The van der Waals surface area contributed by atoms with Crippen LogP contribution in [0.5, 0.6) is 17.4 Å². The van der Waals surface area contributed by atoms with Crippen LogP contribution in [0.3, 0.4) is 0 Å². The number of rotatable bonds is 3. The third-order valence-corrected chi connectivity index (χ3v) is 4.26. The van der Waals surface area contributed by atoms with Crippen molar-refractivity contribution in [2.45, 2.75) is 13.8 Å². The highest BCUT2D eigenvalue weighted by Crippen LogP contribution is 2.34. The van der Waals surface area contributed by atoms with Crippen LogP contribution >= 0.6 is 0 Å². The van der Waals surface area contributed by atoms with Gasteiger partial charge in [0.2, 0.25) is 5.88 Å². The van der Waals surface area contributed by atoms with E-state index in [1.165, 1.54) is 0 Å². The van der Waals surface area contributed by atoms with E-state index < -0.39 is 0 Å². The Morgan fingerprint density at radius 2 is 1.62 bits per heavy atom. The zero-order valence-corrected chi connectivity index (χ0v) is 14.6. The van der Waals surface area contributed by atoms with Gasteiger partial charge in [-0.25, -0.2) is 4.98 Å². The van der Waals surface area contributed by atoms with Crippen molar-refractivity contribution in [2.75, 3.05) is 0 Å². The molecule has 4 rings (SSSR count). The molecule has 128 valence electrons. The van der Waals surface area contributed by atoms with Crippen LogP contribution in [0, 0.1) is 13.8 Å². The minimum Gasteiger partial charge on any atom is -0.507 e. The Morgan fingerprint density at radius 1 is 0.846 bits per heavy atom. The van der Waals surface area contributed by atoms with Gasteiger partial charge in [0.1, 0.15) is 11.5 Å². The first-order valence-corrected chi connectivity index (χ1v) is 8.42.